The van der Waals surface area contributed by atoms with E-state index in [4.69, 9.17) is 23.1 Å². The molecule has 4 rings (SSSR count). The van der Waals surface area contributed by atoms with Gasteiger partial charge in [-0.05, 0) is 89.7 Å². The molecule has 1 atom stereocenters. The lowest BCUT2D eigenvalue weighted by Gasteiger charge is -2.18. The maximum atomic E-state index is 13.2. The molecule has 0 spiro atoms. The molecule has 0 fully saturated rings. The molecular weight excluding hydrogens is 474 g/mol. The predicted octanol–water partition coefficient (Wildman–Crippen LogP) is 4.76. The standard InChI is InChI=1S/C28H28ClN5O2/c1-16-4-5-18(13-30)6-26(16)28(36)33-17(2)19-7-20(9-21(8-19)24-14-32-34(3)15-24)22-10-23(27(31)35)12-25(29)11-22/h4-12,14-15,17H,13,30H2,1-3H3,(H2,31,35)(H,33,36). The summed E-state index contributed by atoms with van der Waals surface area (Å²) in [5, 5.41) is 7.81. The maximum Gasteiger partial charge on any atom is 0.252 e. The lowest BCUT2D eigenvalue weighted by atomic mass is 9.94. The highest BCUT2D eigenvalue weighted by Crippen LogP contribution is 2.32. The molecule has 0 saturated heterocycles. The fourth-order valence-corrected chi connectivity index (χ4v) is 4.34. The lowest BCUT2D eigenvalue weighted by molar-refractivity contribution is 0.0938. The largest absolute Gasteiger partial charge is 0.366 e. The van der Waals surface area contributed by atoms with Gasteiger partial charge < -0.3 is 16.8 Å². The summed E-state index contributed by atoms with van der Waals surface area (Å²) in [7, 11) is 1.85. The highest BCUT2D eigenvalue weighted by atomic mass is 35.5. The Morgan fingerprint density at radius 2 is 1.72 bits per heavy atom. The molecule has 0 radical (unpaired) electrons. The van der Waals surface area contributed by atoms with Gasteiger partial charge in [0, 0.05) is 41.5 Å². The van der Waals surface area contributed by atoms with Crippen molar-refractivity contribution in [3.05, 3.63) is 99.8 Å². The van der Waals surface area contributed by atoms with Gasteiger partial charge in [-0.25, -0.2) is 0 Å². The molecule has 0 saturated carbocycles. The van der Waals surface area contributed by atoms with E-state index in [0.29, 0.717) is 22.7 Å². The van der Waals surface area contributed by atoms with Crippen molar-refractivity contribution in [2.45, 2.75) is 26.4 Å². The summed E-state index contributed by atoms with van der Waals surface area (Å²) in [6, 6.07) is 16.4. The lowest BCUT2D eigenvalue weighted by Crippen LogP contribution is -2.27. The van der Waals surface area contributed by atoms with Gasteiger partial charge in [-0.3, -0.25) is 14.3 Å². The Balaban J connectivity index is 1.76. The van der Waals surface area contributed by atoms with E-state index in [1.807, 2.05) is 63.5 Å². The number of primary amides is 1. The van der Waals surface area contributed by atoms with Crippen LogP contribution in [0.3, 0.4) is 0 Å². The van der Waals surface area contributed by atoms with Gasteiger partial charge in [0.05, 0.1) is 12.2 Å². The second-order valence-corrected chi connectivity index (χ2v) is 9.32. The van der Waals surface area contributed by atoms with E-state index in [9.17, 15) is 9.59 Å². The van der Waals surface area contributed by atoms with Gasteiger partial charge >= 0.3 is 0 Å². The van der Waals surface area contributed by atoms with Crippen LogP contribution in [0.2, 0.25) is 5.02 Å². The van der Waals surface area contributed by atoms with Crippen LogP contribution in [0.15, 0.2) is 67.0 Å². The number of halogens is 1. The normalized spacial score (nSPS) is 11.8. The predicted molar refractivity (Wildman–Crippen MR) is 143 cm³/mol. The number of nitrogens with one attached hydrogen (secondary N) is 1. The molecule has 7 nitrogen and oxygen atoms in total. The number of hydrogen-bond donors (Lipinski definition) is 3. The summed E-state index contributed by atoms with van der Waals surface area (Å²) < 4.78 is 1.73. The van der Waals surface area contributed by atoms with E-state index >= 15 is 0 Å². The third-order valence-corrected chi connectivity index (χ3v) is 6.36. The zero-order valence-electron chi connectivity index (χ0n) is 20.4. The summed E-state index contributed by atoms with van der Waals surface area (Å²) in [6.45, 7) is 4.19. The number of hydrogen-bond acceptors (Lipinski definition) is 4. The van der Waals surface area contributed by atoms with Gasteiger partial charge in [0.15, 0.2) is 0 Å². The van der Waals surface area contributed by atoms with Crippen molar-refractivity contribution in [2.24, 2.45) is 18.5 Å². The van der Waals surface area contributed by atoms with Crippen molar-refractivity contribution < 1.29 is 9.59 Å². The molecule has 2 amide bonds. The fraction of sp³-hybridized carbons (Fsp3) is 0.179. The first-order chi connectivity index (χ1) is 17.1. The van der Waals surface area contributed by atoms with Crippen molar-refractivity contribution in [3.8, 4) is 22.3 Å². The van der Waals surface area contributed by atoms with Gasteiger partial charge in [-0.1, -0.05) is 23.7 Å². The Morgan fingerprint density at radius 3 is 2.36 bits per heavy atom. The molecule has 1 unspecified atom stereocenters. The number of nitrogens with zero attached hydrogens (tertiary/aromatic N) is 2. The Hall–Kier alpha value is -3.94. The minimum absolute atomic E-state index is 0.178. The summed E-state index contributed by atoms with van der Waals surface area (Å²) in [6.07, 6.45) is 3.70. The third-order valence-electron chi connectivity index (χ3n) is 6.14. The van der Waals surface area contributed by atoms with E-state index < -0.39 is 5.91 Å². The monoisotopic (exact) mass is 501 g/mol. The van der Waals surface area contributed by atoms with E-state index in [1.165, 1.54) is 0 Å². The molecule has 4 aromatic rings. The SMILES string of the molecule is Cc1ccc(CN)cc1C(=O)NC(C)c1cc(-c2cc(Cl)cc(C(N)=O)c2)cc(-c2cnn(C)c2)c1. The number of carbonyl (C=O) groups excluding carboxylic acids is 2. The average Bonchev–Trinajstić information content (AvgIpc) is 3.29. The molecule has 1 aromatic heterocycles. The summed E-state index contributed by atoms with van der Waals surface area (Å²) in [4.78, 5) is 25.0. The first kappa shape index (κ1) is 25.2. The van der Waals surface area contributed by atoms with Crippen LogP contribution >= 0.6 is 11.6 Å². The minimum atomic E-state index is -0.557. The minimum Gasteiger partial charge on any atom is -0.366 e. The van der Waals surface area contributed by atoms with Gasteiger partial charge in [0.1, 0.15) is 0 Å². The van der Waals surface area contributed by atoms with Gasteiger partial charge in [0.2, 0.25) is 5.91 Å². The van der Waals surface area contributed by atoms with Gasteiger partial charge in [-0.15, -0.1) is 0 Å². The number of nitrogens with two attached hydrogens (primary N) is 2. The van der Waals surface area contributed by atoms with Crippen LogP contribution in [-0.4, -0.2) is 21.6 Å². The zero-order chi connectivity index (χ0) is 26.0. The maximum absolute atomic E-state index is 13.2. The Bertz CT molecular complexity index is 1460. The molecule has 3 aromatic carbocycles. The molecule has 0 aliphatic rings. The van der Waals surface area contributed by atoms with Gasteiger partial charge in [-0.2, -0.15) is 5.10 Å². The number of aryl methyl sites for hydroxylation is 2. The highest BCUT2D eigenvalue weighted by Gasteiger charge is 2.17. The molecular formula is C28H28ClN5O2. The smallest absolute Gasteiger partial charge is 0.252 e. The molecule has 0 bridgehead atoms. The van der Waals surface area contributed by atoms with Crippen LogP contribution in [0.5, 0.6) is 0 Å². The van der Waals surface area contributed by atoms with Crippen molar-refractivity contribution >= 4 is 23.4 Å². The molecule has 5 N–H and O–H groups in total. The molecule has 8 heteroatoms. The van der Waals surface area contributed by atoms with Crippen LogP contribution < -0.4 is 16.8 Å². The first-order valence-electron chi connectivity index (χ1n) is 11.5. The van der Waals surface area contributed by atoms with Crippen molar-refractivity contribution in [3.63, 3.8) is 0 Å². The van der Waals surface area contributed by atoms with E-state index in [1.54, 1.807) is 29.1 Å². The Morgan fingerprint density at radius 1 is 1.03 bits per heavy atom. The first-order valence-corrected chi connectivity index (χ1v) is 11.9. The third kappa shape index (κ3) is 5.48. The zero-order valence-corrected chi connectivity index (χ0v) is 21.1. The van der Waals surface area contributed by atoms with E-state index in [2.05, 4.69) is 10.4 Å². The summed E-state index contributed by atoms with van der Waals surface area (Å²) in [5.74, 6) is -0.736. The quantitative estimate of drug-likeness (QED) is 0.338. The van der Waals surface area contributed by atoms with Crippen LogP contribution in [0, 0.1) is 6.92 Å². The average molecular weight is 502 g/mol. The van der Waals surface area contributed by atoms with Crippen molar-refractivity contribution in [1.82, 2.24) is 15.1 Å². The summed E-state index contributed by atoms with van der Waals surface area (Å²) in [5.41, 5.74) is 18.3. The number of aromatic nitrogens is 2. The topological polar surface area (TPSA) is 116 Å². The number of amides is 2. The molecule has 184 valence electrons. The Labute approximate surface area is 215 Å². The van der Waals surface area contributed by atoms with Crippen LogP contribution in [0.25, 0.3) is 22.3 Å². The molecule has 0 aliphatic carbocycles. The van der Waals surface area contributed by atoms with Crippen LogP contribution in [-0.2, 0) is 13.6 Å². The molecule has 0 aliphatic heterocycles. The van der Waals surface area contributed by atoms with Crippen molar-refractivity contribution in [2.75, 3.05) is 0 Å². The van der Waals surface area contributed by atoms with Crippen LogP contribution in [0.4, 0.5) is 0 Å². The fourth-order valence-electron chi connectivity index (χ4n) is 4.10. The van der Waals surface area contributed by atoms with Gasteiger partial charge in [0.25, 0.3) is 5.91 Å². The van der Waals surface area contributed by atoms with E-state index in [-0.39, 0.29) is 11.9 Å². The number of carbonyl (C=O) groups is 2. The molecule has 1 heterocycles. The second kappa shape index (κ2) is 10.4. The highest BCUT2D eigenvalue weighted by molar-refractivity contribution is 6.31. The Kier molecular flexibility index (Phi) is 7.24. The number of benzene rings is 3. The van der Waals surface area contributed by atoms with E-state index in [0.717, 1.165) is 38.9 Å². The molecule has 36 heavy (non-hydrogen) atoms. The van der Waals surface area contributed by atoms with Crippen LogP contribution in [0.1, 0.15) is 50.4 Å². The summed E-state index contributed by atoms with van der Waals surface area (Å²) >= 11 is 6.30. The van der Waals surface area contributed by atoms with Crippen molar-refractivity contribution in [1.29, 1.82) is 0 Å². The number of rotatable bonds is 7. The second-order valence-electron chi connectivity index (χ2n) is 8.89.